The summed E-state index contributed by atoms with van der Waals surface area (Å²) in [5.74, 6) is -0.410. The highest BCUT2D eigenvalue weighted by atomic mass is 35.5. The summed E-state index contributed by atoms with van der Waals surface area (Å²) in [6, 6.07) is 10.0. The van der Waals surface area contributed by atoms with Gasteiger partial charge < -0.3 is 5.32 Å². The van der Waals surface area contributed by atoms with Crippen molar-refractivity contribution in [1.82, 2.24) is 0 Å². The van der Waals surface area contributed by atoms with Gasteiger partial charge in [0.2, 0.25) is 0 Å². The third-order valence-electron chi connectivity index (χ3n) is 2.43. The van der Waals surface area contributed by atoms with Crippen LogP contribution in [0.3, 0.4) is 0 Å². The van der Waals surface area contributed by atoms with Crippen LogP contribution >= 0.6 is 34.8 Å². The van der Waals surface area contributed by atoms with Crippen molar-refractivity contribution < 1.29 is 4.39 Å². The molecule has 0 bridgehead atoms. The van der Waals surface area contributed by atoms with Gasteiger partial charge in [-0.15, -0.1) is 0 Å². The van der Waals surface area contributed by atoms with E-state index in [1.165, 1.54) is 6.07 Å². The van der Waals surface area contributed by atoms with Crippen LogP contribution in [-0.4, -0.2) is 0 Å². The van der Waals surface area contributed by atoms with Gasteiger partial charge in [-0.05, 0) is 24.3 Å². The van der Waals surface area contributed by atoms with Crippen LogP contribution in [0.1, 0.15) is 5.56 Å². The molecular formula is C13H9Cl3FN. The molecule has 0 fully saturated rings. The van der Waals surface area contributed by atoms with Gasteiger partial charge in [0.25, 0.3) is 0 Å². The second kappa shape index (κ2) is 5.79. The zero-order chi connectivity index (χ0) is 13.1. The number of hydrogen-bond acceptors (Lipinski definition) is 1. The van der Waals surface area contributed by atoms with Crippen LogP contribution in [0, 0.1) is 5.82 Å². The van der Waals surface area contributed by atoms with E-state index in [0.29, 0.717) is 22.2 Å². The summed E-state index contributed by atoms with van der Waals surface area (Å²) >= 11 is 17.4. The first-order valence-corrected chi connectivity index (χ1v) is 6.33. The SMILES string of the molecule is Fc1c(Cl)cccc1CNc1ccc(Cl)c(Cl)c1. The lowest BCUT2D eigenvalue weighted by Gasteiger charge is -2.09. The van der Waals surface area contributed by atoms with Crippen LogP contribution in [0.2, 0.25) is 15.1 Å². The number of rotatable bonds is 3. The summed E-state index contributed by atoms with van der Waals surface area (Å²) in [5.41, 5.74) is 1.26. The van der Waals surface area contributed by atoms with Gasteiger partial charge in [0.1, 0.15) is 5.82 Å². The van der Waals surface area contributed by atoms with Gasteiger partial charge in [-0.25, -0.2) is 4.39 Å². The van der Waals surface area contributed by atoms with Crippen molar-refractivity contribution in [2.45, 2.75) is 6.54 Å². The monoisotopic (exact) mass is 303 g/mol. The molecule has 0 heterocycles. The van der Waals surface area contributed by atoms with E-state index < -0.39 is 5.82 Å². The van der Waals surface area contributed by atoms with Crippen LogP contribution in [0.4, 0.5) is 10.1 Å². The van der Waals surface area contributed by atoms with Gasteiger partial charge in [0, 0.05) is 17.8 Å². The molecular weight excluding hydrogens is 296 g/mol. The summed E-state index contributed by atoms with van der Waals surface area (Å²) in [7, 11) is 0. The lowest BCUT2D eigenvalue weighted by molar-refractivity contribution is 0.613. The number of nitrogens with one attached hydrogen (secondary N) is 1. The van der Waals surface area contributed by atoms with E-state index >= 15 is 0 Å². The molecule has 0 radical (unpaired) electrons. The van der Waals surface area contributed by atoms with Gasteiger partial charge in [-0.2, -0.15) is 0 Å². The van der Waals surface area contributed by atoms with Crippen molar-refractivity contribution in [3.05, 3.63) is 62.8 Å². The van der Waals surface area contributed by atoms with Gasteiger partial charge in [-0.3, -0.25) is 0 Å². The summed E-state index contributed by atoms with van der Waals surface area (Å²) in [4.78, 5) is 0. The first-order chi connectivity index (χ1) is 8.58. The third kappa shape index (κ3) is 3.08. The van der Waals surface area contributed by atoms with E-state index in [-0.39, 0.29) is 5.02 Å². The second-order valence-electron chi connectivity index (χ2n) is 3.70. The van der Waals surface area contributed by atoms with E-state index in [1.807, 2.05) is 0 Å². The molecule has 18 heavy (non-hydrogen) atoms. The Morgan fingerprint density at radius 3 is 2.44 bits per heavy atom. The number of hydrogen-bond donors (Lipinski definition) is 1. The zero-order valence-electron chi connectivity index (χ0n) is 9.18. The molecule has 0 atom stereocenters. The van der Waals surface area contributed by atoms with E-state index in [0.717, 1.165) is 5.69 Å². The summed E-state index contributed by atoms with van der Waals surface area (Å²) < 4.78 is 13.6. The Bertz CT molecular complexity index is 572. The molecule has 0 unspecified atom stereocenters. The Labute approximate surface area is 119 Å². The predicted octanol–water partition coefficient (Wildman–Crippen LogP) is 5.40. The van der Waals surface area contributed by atoms with E-state index in [2.05, 4.69) is 5.32 Å². The van der Waals surface area contributed by atoms with Crippen molar-refractivity contribution in [3.8, 4) is 0 Å². The molecule has 1 nitrogen and oxygen atoms in total. The van der Waals surface area contributed by atoms with Gasteiger partial charge in [0.05, 0.1) is 15.1 Å². The first-order valence-electron chi connectivity index (χ1n) is 5.20. The number of halogens is 4. The van der Waals surface area contributed by atoms with E-state index in [9.17, 15) is 4.39 Å². The highest BCUT2D eigenvalue weighted by molar-refractivity contribution is 6.42. The third-order valence-corrected chi connectivity index (χ3v) is 3.47. The average molecular weight is 305 g/mol. The fourth-order valence-corrected chi connectivity index (χ4v) is 1.98. The molecule has 0 saturated heterocycles. The van der Waals surface area contributed by atoms with Crippen molar-refractivity contribution in [2.24, 2.45) is 0 Å². The summed E-state index contributed by atoms with van der Waals surface area (Å²) in [5, 5.41) is 4.10. The smallest absolute Gasteiger partial charge is 0.146 e. The Balaban J connectivity index is 2.11. The summed E-state index contributed by atoms with van der Waals surface area (Å²) in [6.07, 6.45) is 0. The largest absolute Gasteiger partial charge is 0.381 e. The molecule has 94 valence electrons. The zero-order valence-corrected chi connectivity index (χ0v) is 11.5. The number of anilines is 1. The molecule has 0 amide bonds. The van der Waals surface area contributed by atoms with Crippen molar-refractivity contribution >= 4 is 40.5 Å². The maximum Gasteiger partial charge on any atom is 0.146 e. The van der Waals surface area contributed by atoms with Crippen LogP contribution in [0.15, 0.2) is 36.4 Å². The van der Waals surface area contributed by atoms with Gasteiger partial charge >= 0.3 is 0 Å². The molecule has 5 heteroatoms. The number of benzene rings is 2. The molecule has 2 aromatic carbocycles. The van der Waals surface area contributed by atoms with Crippen LogP contribution in [-0.2, 0) is 6.54 Å². The standard InChI is InChI=1S/C13H9Cl3FN/c14-10-5-4-9(6-12(10)16)18-7-8-2-1-3-11(15)13(8)17/h1-6,18H,7H2. The minimum atomic E-state index is -0.410. The minimum absolute atomic E-state index is 0.114. The molecule has 0 spiro atoms. The molecule has 0 aromatic heterocycles. The molecule has 2 aromatic rings. The van der Waals surface area contributed by atoms with Crippen LogP contribution in [0.25, 0.3) is 0 Å². The highest BCUT2D eigenvalue weighted by Gasteiger charge is 2.06. The van der Waals surface area contributed by atoms with Gasteiger partial charge in [0.15, 0.2) is 0 Å². The molecule has 0 aliphatic carbocycles. The van der Waals surface area contributed by atoms with Crippen LogP contribution < -0.4 is 5.32 Å². The summed E-state index contributed by atoms with van der Waals surface area (Å²) in [6.45, 7) is 0.324. The lowest BCUT2D eigenvalue weighted by Crippen LogP contribution is -2.02. The maximum atomic E-state index is 13.6. The molecule has 0 saturated carbocycles. The minimum Gasteiger partial charge on any atom is -0.381 e. The molecule has 0 aliphatic rings. The van der Waals surface area contributed by atoms with Crippen molar-refractivity contribution in [2.75, 3.05) is 5.32 Å². The normalized spacial score (nSPS) is 10.4. The fraction of sp³-hybridized carbons (Fsp3) is 0.0769. The Morgan fingerprint density at radius 2 is 1.72 bits per heavy atom. The van der Waals surface area contributed by atoms with Crippen LogP contribution in [0.5, 0.6) is 0 Å². The Kier molecular flexibility index (Phi) is 4.33. The van der Waals surface area contributed by atoms with Gasteiger partial charge in [-0.1, -0.05) is 46.9 Å². The fourth-order valence-electron chi connectivity index (χ4n) is 1.49. The second-order valence-corrected chi connectivity index (χ2v) is 4.92. The molecule has 1 N–H and O–H groups in total. The van der Waals surface area contributed by atoms with E-state index in [4.69, 9.17) is 34.8 Å². The predicted molar refractivity (Wildman–Crippen MR) is 75.2 cm³/mol. The topological polar surface area (TPSA) is 12.0 Å². The Morgan fingerprint density at radius 1 is 0.944 bits per heavy atom. The quantitative estimate of drug-likeness (QED) is 0.800. The Hall–Kier alpha value is -0.960. The maximum absolute atomic E-state index is 13.6. The average Bonchev–Trinajstić information content (AvgIpc) is 2.35. The molecule has 2 rings (SSSR count). The lowest BCUT2D eigenvalue weighted by atomic mass is 10.2. The molecule has 0 aliphatic heterocycles. The van der Waals surface area contributed by atoms with Crippen molar-refractivity contribution in [1.29, 1.82) is 0 Å². The first kappa shape index (κ1) is 13.5. The van der Waals surface area contributed by atoms with E-state index in [1.54, 1.807) is 30.3 Å². The van der Waals surface area contributed by atoms with Crippen molar-refractivity contribution in [3.63, 3.8) is 0 Å². The highest BCUT2D eigenvalue weighted by Crippen LogP contribution is 2.25.